The van der Waals surface area contributed by atoms with Gasteiger partial charge < -0.3 is 15.1 Å². The highest BCUT2D eigenvalue weighted by molar-refractivity contribution is 6.34. The van der Waals surface area contributed by atoms with Gasteiger partial charge in [-0.3, -0.25) is 9.69 Å². The molecule has 1 aromatic carbocycles. The van der Waals surface area contributed by atoms with Gasteiger partial charge in [0.25, 0.3) is 0 Å². The molecule has 2 aromatic rings. The molecule has 1 aromatic heterocycles. The topological polar surface area (TPSA) is 74.6 Å². The predicted molar refractivity (Wildman–Crippen MR) is 88.6 cm³/mol. The van der Waals surface area contributed by atoms with E-state index in [0.29, 0.717) is 35.2 Å². The smallest absolute Gasteiger partial charge is 0.321 e. The Bertz CT molecular complexity index is 756. The summed E-state index contributed by atoms with van der Waals surface area (Å²) in [5.41, 5.74) is 1.12. The van der Waals surface area contributed by atoms with Crippen molar-refractivity contribution in [3.63, 3.8) is 0 Å². The quantitative estimate of drug-likeness (QED) is 0.845. The Labute approximate surface area is 137 Å². The number of urea groups is 1. The van der Waals surface area contributed by atoms with Crippen LogP contribution in [0.5, 0.6) is 0 Å². The summed E-state index contributed by atoms with van der Waals surface area (Å²) in [6.07, 6.45) is 4.43. The zero-order valence-electron chi connectivity index (χ0n) is 12.1. The molecule has 3 amide bonds. The number of nitrogens with zero attached hydrogens (tertiary/aromatic N) is 1. The number of nitrogens with one attached hydrogen (secondary N) is 2. The number of carbonyl (C=O) groups is 2. The molecule has 0 bridgehead atoms. The van der Waals surface area contributed by atoms with E-state index < -0.39 is 0 Å². The Morgan fingerprint density at radius 1 is 1.39 bits per heavy atom. The van der Waals surface area contributed by atoms with E-state index in [4.69, 9.17) is 16.0 Å². The molecule has 1 aliphatic heterocycles. The summed E-state index contributed by atoms with van der Waals surface area (Å²) in [7, 11) is 0. The van der Waals surface area contributed by atoms with E-state index >= 15 is 0 Å². The van der Waals surface area contributed by atoms with E-state index in [9.17, 15) is 9.59 Å². The molecule has 1 saturated heterocycles. The minimum atomic E-state index is -0.341. The third-order valence-corrected chi connectivity index (χ3v) is 3.65. The molecule has 1 fully saturated rings. The van der Waals surface area contributed by atoms with E-state index in [0.717, 1.165) is 0 Å². The molecule has 0 saturated carbocycles. The highest BCUT2D eigenvalue weighted by Gasteiger charge is 2.21. The number of hydrogen-bond acceptors (Lipinski definition) is 3. The Balaban J connectivity index is 1.74. The van der Waals surface area contributed by atoms with Crippen LogP contribution in [0.4, 0.5) is 16.2 Å². The van der Waals surface area contributed by atoms with Gasteiger partial charge in [-0.1, -0.05) is 11.6 Å². The second-order valence-corrected chi connectivity index (χ2v) is 5.29. The van der Waals surface area contributed by atoms with Crippen molar-refractivity contribution in [3.05, 3.63) is 53.5 Å². The molecule has 0 atom stereocenters. The molecule has 0 radical (unpaired) electrons. The van der Waals surface area contributed by atoms with Gasteiger partial charge in [0.2, 0.25) is 5.91 Å². The van der Waals surface area contributed by atoms with Gasteiger partial charge in [0.1, 0.15) is 5.76 Å². The number of benzene rings is 1. The minimum Gasteiger partial charge on any atom is -0.465 e. The standard InChI is InChI=1S/C16H14ClN3O3/c17-13-5-3-11(20-8-7-18-16(20)22)10-14(13)19-15(21)6-4-12-2-1-9-23-12/h1-6,9-10H,7-8H2,(H,18,22)(H,19,21)/b6-4-. The van der Waals surface area contributed by atoms with Crippen molar-refractivity contribution in [2.24, 2.45) is 0 Å². The molecule has 0 spiro atoms. The summed E-state index contributed by atoms with van der Waals surface area (Å²) in [5, 5.41) is 5.81. The molecule has 0 aliphatic carbocycles. The van der Waals surface area contributed by atoms with Gasteiger partial charge in [-0.25, -0.2) is 4.79 Å². The summed E-state index contributed by atoms with van der Waals surface area (Å²) in [4.78, 5) is 25.3. The number of furan rings is 1. The lowest BCUT2D eigenvalue weighted by atomic mass is 10.2. The molecular formula is C16H14ClN3O3. The second-order valence-electron chi connectivity index (χ2n) is 4.89. The third kappa shape index (κ3) is 3.54. The van der Waals surface area contributed by atoms with Gasteiger partial charge in [0.15, 0.2) is 0 Å². The largest absolute Gasteiger partial charge is 0.465 e. The summed E-state index contributed by atoms with van der Waals surface area (Å²) in [6, 6.07) is 8.37. The molecule has 2 heterocycles. The van der Waals surface area contributed by atoms with Crippen molar-refractivity contribution < 1.29 is 14.0 Å². The zero-order valence-corrected chi connectivity index (χ0v) is 12.8. The molecule has 118 valence electrons. The van der Waals surface area contributed by atoms with E-state index in [1.54, 1.807) is 41.3 Å². The fourth-order valence-electron chi connectivity index (χ4n) is 2.21. The van der Waals surface area contributed by atoms with E-state index in [1.807, 2.05) is 0 Å². The van der Waals surface area contributed by atoms with Gasteiger partial charge in [0.05, 0.1) is 17.0 Å². The van der Waals surface area contributed by atoms with Crippen LogP contribution < -0.4 is 15.5 Å². The number of hydrogen-bond donors (Lipinski definition) is 2. The maximum Gasteiger partial charge on any atom is 0.321 e. The first-order valence-corrected chi connectivity index (χ1v) is 7.39. The summed E-state index contributed by atoms with van der Waals surface area (Å²) in [6.45, 7) is 1.17. The van der Waals surface area contributed by atoms with Gasteiger partial charge in [-0.05, 0) is 36.4 Å². The first-order valence-electron chi connectivity index (χ1n) is 7.01. The van der Waals surface area contributed by atoms with Crippen LogP contribution in [0.1, 0.15) is 5.76 Å². The average molecular weight is 332 g/mol. The van der Waals surface area contributed by atoms with Crippen LogP contribution in [0.3, 0.4) is 0 Å². The maximum atomic E-state index is 12.0. The first kappa shape index (κ1) is 15.2. The monoisotopic (exact) mass is 331 g/mol. The fourth-order valence-corrected chi connectivity index (χ4v) is 2.38. The fraction of sp³-hybridized carbons (Fsp3) is 0.125. The van der Waals surface area contributed by atoms with Crippen molar-refractivity contribution in [2.75, 3.05) is 23.3 Å². The molecule has 6 nitrogen and oxygen atoms in total. The van der Waals surface area contributed by atoms with Gasteiger partial charge in [-0.15, -0.1) is 0 Å². The number of anilines is 2. The first-order chi connectivity index (χ1) is 11.1. The van der Waals surface area contributed by atoms with Crippen LogP contribution >= 0.6 is 11.6 Å². The van der Waals surface area contributed by atoms with Crippen LogP contribution in [-0.4, -0.2) is 25.0 Å². The van der Waals surface area contributed by atoms with Crippen LogP contribution in [-0.2, 0) is 4.79 Å². The van der Waals surface area contributed by atoms with Crippen LogP contribution in [0.2, 0.25) is 5.02 Å². The summed E-state index contributed by atoms with van der Waals surface area (Å²) < 4.78 is 5.11. The molecule has 7 heteroatoms. The number of carbonyl (C=O) groups excluding carboxylic acids is 2. The summed E-state index contributed by atoms with van der Waals surface area (Å²) >= 11 is 6.11. The van der Waals surface area contributed by atoms with Crippen LogP contribution in [0.25, 0.3) is 6.08 Å². The van der Waals surface area contributed by atoms with Crippen molar-refractivity contribution in [1.29, 1.82) is 0 Å². The molecule has 3 rings (SSSR count). The predicted octanol–water partition coefficient (Wildman–Crippen LogP) is 3.11. The number of amides is 3. The van der Waals surface area contributed by atoms with Gasteiger partial charge >= 0.3 is 6.03 Å². The maximum absolute atomic E-state index is 12.0. The van der Waals surface area contributed by atoms with Crippen LogP contribution in [0.15, 0.2) is 47.1 Å². The van der Waals surface area contributed by atoms with E-state index in [2.05, 4.69) is 10.6 Å². The van der Waals surface area contributed by atoms with Gasteiger partial charge in [0, 0.05) is 24.9 Å². The molecule has 2 N–H and O–H groups in total. The Morgan fingerprint density at radius 2 is 2.26 bits per heavy atom. The lowest BCUT2D eigenvalue weighted by molar-refractivity contribution is -0.111. The highest BCUT2D eigenvalue weighted by Crippen LogP contribution is 2.28. The number of halogens is 1. The van der Waals surface area contributed by atoms with E-state index in [-0.39, 0.29) is 11.9 Å². The lowest BCUT2D eigenvalue weighted by Crippen LogP contribution is -2.27. The highest BCUT2D eigenvalue weighted by atomic mass is 35.5. The minimum absolute atomic E-state index is 0.165. The van der Waals surface area contributed by atoms with Crippen LogP contribution in [0, 0.1) is 0 Å². The van der Waals surface area contributed by atoms with Crippen molar-refractivity contribution >= 4 is 41.0 Å². The Morgan fingerprint density at radius 3 is 2.96 bits per heavy atom. The SMILES string of the molecule is O=C(/C=C\c1ccco1)Nc1cc(N2CCNC2=O)ccc1Cl. The van der Waals surface area contributed by atoms with Crippen molar-refractivity contribution in [3.8, 4) is 0 Å². The number of rotatable bonds is 4. The average Bonchev–Trinajstić information content (AvgIpc) is 3.19. The van der Waals surface area contributed by atoms with Crippen molar-refractivity contribution in [1.82, 2.24) is 5.32 Å². The normalized spacial score (nSPS) is 14.3. The molecule has 1 aliphatic rings. The zero-order chi connectivity index (χ0) is 16.2. The molecule has 0 unspecified atom stereocenters. The molecule has 23 heavy (non-hydrogen) atoms. The third-order valence-electron chi connectivity index (χ3n) is 3.32. The van der Waals surface area contributed by atoms with Gasteiger partial charge in [-0.2, -0.15) is 0 Å². The lowest BCUT2D eigenvalue weighted by Gasteiger charge is -2.16. The van der Waals surface area contributed by atoms with Crippen molar-refractivity contribution in [2.45, 2.75) is 0 Å². The Kier molecular flexibility index (Phi) is 4.34. The summed E-state index contributed by atoms with van der Waals surface area (Å²) in [5.74, 6) is 0.236. The second kappa shape index (κ2) is 6.58. The van der Waals surface area contributed by atoms with E-state index in [1.165, 1.54) is 12.3 Å². The molecular weight excluding hydrogens is 318 g/mol. The Hall–Kier alpha value is -2.73.